The van der Waals surface area contributed by atoms with Crippen molar-refractivity contribution in [2.24, 2.45) is 0 Å². The van der Waals surface area contributed by atoms with Gasteiger partial charge in [-0.15, -0.1) is 10.2 Å². The Morgan fingerprint density at radius 2 is 1.79 bits per heavy atom. The van der Waals surface area contributed by atoms with Crippen LogP contribution in [-0.2, 0) is 17.9 Å². The van der Waals surface area contributed by atoms with Crippen LogP contribution in [0.4, 0.5) is 5.69 Å². The molecule has 0 unspecified atom stereocenters. The van der Waals surface area contributed by atoms with Gasteiger partial charge >= 0.3 is 0 Å². The van der Waals surface area contributed by atoms with Crippen molar-refractivity contribution in [1.82, 2.24) is 19.7 Å². The highest BCUT2D eigenvalue weighted by Gasteiger charge is 2.19. The molecule has 0 atom stereocenters. The molecule has 0 saturated carbocycles. The minimum Gasteiger partial charge on any atom is -0.419 e. The maximum atomic E-state index is 12.8. The van der Waals surface area contributed by atoms with E-state index in [1.807, 2.05) is 47.2 Å². The zero-order valence-corrected chi connectivity index (χ0v) is 19.8. The van der Waals surface area contributed by atoms with Crippen LogP contribution < -0.4 is 5.32 Å². The third kappa shape index (κ3) is 4.89. The molecule has 176 valence electrons. The number of nitrogens with zero attached hydrogens (tertiary/aromatic N) is 4. The zero-order valence-electron chi connectivity index (χ0n) is 19.8. The van der Waals surface area contributed by atoms with E-state index < -0.39 is 0 Å². The molecule has 1 fully saturated rings. The Morgan fingerprint density at radius 3 is 2.56 bits per heavy atom. The van der Waals surface area contributed by atoms with Crippen molar-refractivity contribution in [1.29, 1.82) is 0 Å². The van der Waals surface area contributed by atoms with Gasteiger partial charge < -0.3 is 14.3 Å². The van der Waals surface area contributed by atoms with Crippen LogP contribution in [0.15, 0.2) is 59.1 Å². The molecule has 2 aromatic carbocycles. The first-order valence-electron chi connectivity index (χ1n) is 12.1. The first-order valence-corrected chi connectivity index (χ1v) is 12.1. The number of rotatable bonds is 7. The molecule has 2 aromatic heterocycles. The van der Waals surface area contributed by atoms with Crippen LogP contribution in [0.25, 0.3) is 22.4 Å². The molecular weight excluding hydrogens is 426 g/mol. The summed E-state index contributed by atoms with van der Waals surface area (Å²) in [5.74, 6) is 1.50. The fourth-order valence-corrected chi connectivity index (χ4v) is 4.59. The van der Waals surface area contributed by atoms with Crippen molar-refractivity contribution >= 4 is 22.5 Å². The van der Waals surface area contributed by atoms with Crippen molar-refractivity contribution in [3.8, 4) is 11.5 Å². The lowest BCUT2D eigenvalue weighted by Crippen LogP contribution is -2.29. The molecular formula is C27H31N5O2. The van der Waals surface area contributed by atoms with Gasteiger partial charge in [-0.1, -0.05) is 50.6 Å². The predicted molar refractivity (Wildman–Crippen MR) is 134 cm³/mol. The molecule has 4 aromatic rings. The number of aromatic nitrogens is 3. The largest absolute Gasteiger partial charge is 0.419 e. The number of benzene rings is 2. The predicted octanol–water partition coefficient (Wildman–Crippen LogP) is 5.44. The van der Waals surface area contributed by atoms with Crippen molar-refractivity contribution in [2.45, 2.75) is 52.1 Å². The molecule has 34 heavy (non-hydrogen) atoms. The van der Waals surface area contributed by atoms with Crippen molar-refractivity contribution in [3.05, 3.63) is 66.2 Å². The monoisotopic (exact) mass is 457 g/mol. The van der Waals surface area contributed by atoms with Crippen molar-refractivity contribution in [2.75, 3.05) is 18.4 Å². The Labute approximate surface area is 199 Å². The molecule has 1 saturated heterocycles. The van der Waals surface area contributed by atoms with E-state index >= 15 is 0 Å². The van der Waals surface area contributed by atoms with Gasteiger partial charge in [0, 0.05) is 22.8 Å². The normalized spacial score (nSPS) is 14.7. The number of hydrogen-bond acceptors (Lipinski definition) is 5. The second-order valence-corrected chi connectivity index (χ2v) is 9.35. The van der Waals surface area contributed by atoms with E-state index in [2.05, 4.69) is 46.4 Å². The number of amides is 1. The van der Waals surface area contributed by atoms with Gasteiger partial charge in [0.25, 0.3) is 0 Å². The molecule has 0 aliphatic carbocycles. The molecule has 7 heteroatoms. The second kappa shape index (κ2) is 9.81. The summed E-state index contributed by atoms with van der Waals surface area (Å²) in [6.45, 7) is 7.34. The van der Waals surface area contributed by atoms with Gasteiger partial charge in [0.05, 0.1) is 12.1 Å². The van der Waals surface area contributed by atoms with E-state index in [0.29, 0.717) is 24.2 Å². The Balaban J connectivity index is 1.34. The molecule has 1 N–H and O–H groups in total. The van der Waals surface area contributed by atoms with Crippen LogP contribution in [-0.4, -0.2) is 38.7 Å². The minimum atomic E-state index is -0.0825. The van der Waals surface area contributed by atoms with Gasteiger partial charge in [-0.3, -0.25) is 9.69 Å². The number of para-hydroxylation sites is 1. The fourth-order valence-electron chi connectivity index (χ4n) is 4.59. The number of hydrogen-bond donors (Lipinski definition) is 1. The molecule has 1 aliphatic heterocycles. The Morgan fingerprint density at radius 1 is 1.03 bits per heavy atom. The number of likely N-dealkylation sites (tertiary alicyclic amines) is 1. The van der Waals surface area contributed by atoms with Crippen LogP contribution in [0.2, 0.25) is 0 Å². The van der Waals surface area contributed by atoms with Crippen molar-refractivity contribution in [3.63, 3.8) is 0 Å². The summed E-state index contributed by atoms with van der Waals surface area (Å²) in [5.41, 5.74) is 3.85. The molecule has 3 heterocycles. The van der Waals surface area contributed by atoms with E-state index in [1.54, 1.807) is 0 Å². The van der Waals surface area contributed by atoms with Gasteiger partial charge in [-0.2, -0.15) is 0 Å². The molecule has 0 spiro atoms. The first-order chi connectivity index (χ1) is 16.6. The average Bonchev–Trinajstić information content (AvgIpc) is 3.45. The molecule has 1 amide bonds. The summed E-state index contributed by atoms with van der Waals surface area (Å²) < 4.78 is 7.99. The molecule has 7 nitrogen and oxygen atoms in total. The van der Waals surface area contributed by atoms with Gasteiger partial charge in [0.1, 0.15) is 6.54 Å². The maximum Gasteiger partial charge on any atom is 0.249 e. The third-order valence-corrected chi connectivity index (χ3v) is 6.47. The standard InChI is InChI=1S/C27H31N5O2/c1-19(2)20-10-12-21(13-11-20)28-25(33)17-32-16-23(22-8-4-5-9-24(22)32)27-30-29-26(34-27)18-31-14-6-3-7-15-31/h4-5,8-13,16,19H,3,6-7,14-15,17-18H2,1-2H3,(H,28,33). The Kier molecular flexibility index (Phi) is 6.45. The number of anilines is 1. The lowest BCUT2D eigenvalue weighted by molar-refractivity contribution is -0.116. The zero-order chi connectivity index (χ0) is 23.5. The van der Waals surface area contributed by atoms with Crippen LogP contribution in [0, 0.1) is 0 Å². The molecule has 0 radical (unpaired) electrons. The van der Waals surface area contributed by atoms with Crippen LogP contribution in [0.1, 0.15) is 50.5 Å². The highest BCUT2D eigenvalue weighted by Crippen LogP contribution is 2.30. The summed E-state index contributed by atoms with van der Waals surface area (Å²) in [7, 11) is 0. The topological polar surface area (TPSA) is 76.2 Å². The first kappa shape index (κ1) is 22.3. The van der Waals surface area contributed by atoms with Gasteiger partial charge in [0.15, 0.2) is 0 Å². The van der Waals surface area contributed by atoms with E-state index in [1.165, 1.54) is 24.8 Å². The highest BCUT2D eigenvalue weighted by atomic mass is 16.4. The van der Waals surface area contributed by atoms with E-state index in [-0.39, 0.29) is 12.5 Å². The van der Waals surface area contributed by atoms with Crippen LogP contribution in [0.3, 0.4) is 0 Å². The number of piperidine rings is 1. The van der Waals surface area contributed by atoms with Gasteiger partial charge in [-0.25, -0.2) is 0 Å². The number of fused-ring (bicyclic) bond motifs is 1. The smallest absolute Gasteiger partial charge is 0.249 e. The fraction of sp³-hybridized carbons (Fsp3) is 0.370. The average molecular weight is 458 g/mol. The van der Waals surface area contributed by atoms with Crippen molar-refractivity contribution < 1.29 is 9.21 Å². The Hall–Kier alpha value is -3.45. The summed E-state index contributed by atoms with van der Waals surface area (Å²) >= 11 is 0. The highest BCUT2D eigenvalue weighted by molar-refractivity contribution is 5.96. The second-order valence-electron chi connectivity index (χ2n) is 9.35. The maximum absolute atomic E-state index is 12.8. The van der Waals surface area contributed by atoms with Gasteiger partial charge in [-0.05, 0) is 55.6 Å². The molecule has 1 aliphatic rings. The third-order valence-electron chi connectivity index (χ3n) is 6.47. The summed E-state index contributed by atoms with van der Waals surface area (Å²) in [4.78, 5) is 15.2. The SMILES string of the molecule is CC(C)c1ccc(NC(=O)Cn2cc(-c3nnc(CN4CCCCC4)o3)c3ccccc32)cc1. The quantitative estimate of drug-likeness (QED) is 0.400. The summed E-state index contributed by atoms with van der Waals surface area (Å²) in [5, 5.41) is 12.6. The van der Waals surface area contributed by atoms with Gasteiger partial charge in [0.2, 0.25) is 17.7 Å². The molecule has 5 rings (SSSR count). The minimum absolute atomic E-state index is 0.0825. The summed E-state index contributed by atoms with van der Waals surface area (Å²) in [6, 6.07) is 16.0. The Bertz CT molecular complexity index is 1270. The number of carbonyl (C=O) groups excluding carboxylic acids is 1. The van der Waals surface area contributed by atoms with Crippen LogP contribution in [0.5, 0.6) is 0 Å². The summed E-state index contributed by atoms with van der Waals surface area (Å²) in [6.07, 6.45) is 5.67. The van der Waals surface area contributed by atoms with E-state index in [9.17, 15) is 4.79 Å². The number of carbonyl (C=O) groups is 1. The van der Waals surface area contributed by atoms with Crippen LogP contribution >= 0.6 is 0 Å². The number of nitrogens with one attached hydrogen (secondary N) is 1. The molecule has 0 bridgehead atoms. The van der Waals surface area contributed by atoms with E-state index in [0.717, 1.165) is 35.2 Å². The lowest BCUT2D eigenvalue weighted by Gasteiger charge is -2.24. The lowest BCUT2D eigenvalue weighted by atomic mass is 10.0. The van der Waals surface area contributed by atoms with E-state index in [4.69, 9.17) is 4.42 Å².